The number of hydrogen-bond donors (Lipinski definition) is 1. The smallest absolute Gasteiger partial charge is 0.410 e. The number of rotatable bonds is 2. The van der Waals surface area contributed by atoms with Gasteiger partial charge in [-0.3, -0.25) is 0 Å². The van der Waals surface area contributed by atoms with Crippen LogP contribution in [0.1, 0.15) is 34.1 Å². The number of amides is 1. The molecule has 3 fully saturated rings. The Labute approximate surface area is 109 Å². The van der Waals surface area contributed by atoms with E-state index in [2.05, 4.69) is 6.08 Å². The van der Waals surface area contributed by atoms with Crippen LogP contribution in [-0.4, -0.2) is 35.2 Å². The number of nitrogens with two attached hydrogens (primary N) is 1. The molecule has 4 heteroatoms. The van der Waals surface area contributed by atoms with Crippen LogP contribution in [0, 0.1) is 11.8 Å². The SMILES string of the molecule is CC(N)/C=C/C1[C@H]2C[C@@H]1N(C(=O)OC(C)(C)C)C2. The Kier molecular flexibility index (Phi) is 3.41. The first kappa shape index (κ1) is 13.4. The molecule has 18 heavy (non-hydrogen) atoms. The maximum Gasteiger partial charge on any atom is 0.410 e. The summed E-state index contributed by atoms with van der Waals surface area (Å²) in [6, 6.07) is 0.403. The van der Waals surface area contributed by atoms with E-state index in [-0.39, 0.29) is 12.1 Å². The molecule has 2 saturated heterocycles. The lowest BCUT2D eigenvalue weighted by atomic mass is 9.73. The fraction of sp³-hybridized carbons (Fsp3) is 0.786. The van der Waals surface area contributed by atoms with Gasteiger partial charge >= 0.3 is 6.09 Å². The van der Waals surface area contributed by atoms with Crippen LogP contribution in [0.2, 0.25) is 0 Å². The van der Waals surface area contributed by atoms with Crippen molar-refractivity contribution in [2.24, 2.45) is 17.6 Å². The summed E-state index contributed by atoms with van der Waals surface area (Å²) in [6.07, 6.45) is 5.13. The van der Waals surface area contributed by atoms with Gasteiger partial charge in [-0.15, -0.1) is 0 Å². The molecule has 2 N–H and O–H groups in total. The second-order valence-corrected chi connectivity index (χ2v) is 6.52. The van der Waals surface area contributed by atoms with Crippen molar-refractivity contribution >= 4 is 6.09 Å². The normalized spacial score (nSPS) is 32.5. The van der Waals surface area contributed by atoms with Gasteiger partial charge in [0, 0.05) is 24.5 Å². The van der Waals surface area contributed by atoms with Crippen molar-refractivity contribution in [3.05, 3.63) is 12.2 Å². The van der Waals surface area contributed by atoms with E-state index in [1.54, 1.807) is 0 Å². The van der Waals surface area contributed by atoms with E-state index in [9.17, 15) is 4.79 Å². The molecule has 0 aromatic carbocycles. The minimum Gasteiger partial charge on any atom is -0.444 e. The summed E-state index contributed by atoms with van der Waals surface area (Å²) in [4.78, 5) is 13.9. The molecule has 0 radical (unpaired) electrons. The average Bonchev–Trinajstić information content (AvgIpc) is 2.71. The van der Waals surface area contributed by atoms with Gasteiger partial charge in [0.1, 0.15) is 5.60 Å². The van der Waals surface area contributed by atoms with Crippen LogP contribution in [0.25, 0.3) is 0 Å². The first-order valence-electron chi connectivity index (χ1n) is 6.71. The maximum absolute atomic E-state index is 12.0. The third kappa shape index (κ3) is 2.69. The van der Waals surface area contributed by atoms with E-state index in [4.69, 9.17) is 10.5 Å². The predicted molar refractivity (Wildman–Crippen MR) is 71.1 cm³/mol. The Morgan fingerprint density at radius 1 is 1.50 bits per heavy atom. The molecule has 2 heterocycles. The summed E-state index contributed by atoms with van der Waals surface area (Å²) in [6.45, 7) is 8.49. The molecule has 2 aliphatic heterocycles. The highest BCUT2D eigenvalue weighted by atomic mass is 16.6. The van der Waals surface area contributed by atoms with E-state index in [0.717, 1.165) is 13.0 Å². The van der Waals surface area contributed by atoms with Crippen molar-refractivity contribution in [3.63, 3.8) is 0 Å². The Morgan fingerprint density at radius 3 is 2.72 bits per heavy atom. The lowest BCUT2D eigenvalue weighted by Crippen LogP contribution is -2.42. The highest BCUT2D eigenvalue weighted by molar-refractivity contribution is 5.70. The van der Waals surface area contributed by atoms with Gasteiger partial charge in [-0.2, -0.15) is 0 Å². The van der Waals surface area contributed by atoms with E-state index in [1.165, 1.54) is 0 Å². The Balaban J connectivity index is 1.93. The monoisotopic (exact) mass is 252 g/mol. The van der Waals surface area contributed by atoms with Crippen molar-refractivity contribution in [1.29, 1.82) is 0 Å². The summed E-state index contributed by atoms with van der Waals surface area (Å²) >= 11 is 0. The molecular formula is C14H24N2O2. The highest BCUT2D eigenvalue weighted by Gasteiger charge is 2.53. The van der Waals surface area contributed by atoms with E-state index >= 15 is 0 Å². The van der Waals surface area contributed by atoms with Crippen LogP contribution >= 0.6 is 0 Å². The molecule has 4 nitrogen and oxygen atoms in total. The molecule has 102 valence electrons. The van der Waals surface area contributed by atoms with Crippen LogP contribution in [-0.2, 0) is 4.74 Å². The lowest BCUT2D eigenvalue weighted by molar-refractivity contribution is 0.0223. The highest BCUT2D eigenvalue weighted by Crippen LogP contribution is 2.47. The van der Waals surface area contributed by atoms with Crippen LogP contribution < -0.4 is 5.73 Å². The number of hydrogen-bond acceptors (Lipinski definition) is 3. The minimum atomic E-state index is -0.416. The molecule has 3 aliphatic rings. The van der Waals surface area contributed by atoms with E-state index in [0.29, 0.717) is 17.9 Å². The zero-order valence-electron chi connectivity index (χ0n) is 11.7. The molecule has 1 saturated carbocycles. The second-order valence-electron chi connectivity index (χ2n) is 6.52. The van der Waals surface area contributed by atoms with E-state index < -0.39 is 5.60 Å². The van der Waals surface area contributed by atoms with Gasteiger partial charge in [0.05, 0.1) is 0 Å². The standard InChI is InChI=1S/C14H24N2O2/c1-9(15)5-6-11-10-7-12(11)16(8-10)13(17)18-14(2,3)4/h5-6,9-12H,7-8,15H2,1-4H3/b6-5+/t9?,10-,11?,12-/m0/s1. The van der Waals surface area contributed by atoms with Gasteiger partial charge in [-0.25, -0.2) is 4.79 Å². The average molecular weight is 252 g/mol. The largest absolute Gasteiger partial charge is 0.444 e. The Hall–Kier alpha value is -1.03. The third-order valence-electron chi connectivity index (χ3n) is 3.63. The number of nitrogens with zero attached hydrogens (tertiary/aromatic N) is 1. The van der Waals surface area contributed by atoms with Crippen molar-refractivity contribution in [2.45, 2.75) is 51.8 Å². The van der Waals surface area contributed by atoms with Gasteiger partial charge in [-0.05, 0) is 40.0 Å². The van der Waals surface area contributed by atoms with Crippen molar-refractivity contribution in [2.75, 3.05) is 6.54 Å². The fourth-order valence-electron chi connectivity index (χ4n) is 2.78. The van der Waals surface area contributed by atoms with Gasteiger partial charge in [0.15, 0.2) is 0 Å². The van der Waals surface area contributed by atoms with Crippen LogP contribution in [0.4, 0.5) is 4.79 Å². The van der Waals surface area contributed by atoms with Gasteiger partial charge in [0.2, 0.25) is 0 Å². The number of carbonyl (C=O) groups is 1. The maximum atomic E-state index is 12.0. The molecule has 0 aromatic rings. The molecule has 0 spiro atoms. The molecule has 1 amide bonds. The zero-order valence-corrected chi connectivity index (χ0v) is 11.7. The quantitative estimate of drug-likeness (QED) is 0.766. The third-order valence-corrected chi connectivity index (χ3v) is 3.63. The fourth-order valence-corrected chi connectivity index (χ4v) is 2.78. The van der Waals surface area contributed by atoms with Gasteiger partial charge < -0.3 is 15.4 Å². The molecule has 2 unspecified atom stereocenters. The van der Waals surface area contributed by atoms with Crippen LogP contribution in [0.5, 0.6) is 0 Å². The van der Waals surface area contributed by atoms with Crippen LogP contribution in [0.15, 0.2) is 12.2 Å². The molecule has 3 rings (SSSR count). The van der Waals surface area contributed by atoms with Crippen molar-refractivity contribution in [3.8, 4) is 0 Å². The molecule has 1 aliphatic carbocycles. The molecular weight excluding hydrogens is 228 g/mol. The minimum absolute atomic E-state index is 0.0833. The lowest BCUT2D eigenvalue weighted by Gasteiger charge is -2.35. The summed E-state index contributed by atoms with van der Waals surface area (Å²) in [7, 11) is 0. The Bertz CT molecular complexity index is 357. The molecule has 0 aromatic heterocycles. The zero-order chi connectivity index (χ0) is 13.5. The first-order chi connectivity index (χ1) is 8.28. The summed E-state index contributed by atoms with van der Waals surface area (Å²) < 4.78 is 5.43. The summed E-state index contributed by atoms with van der Waals surface area (Å²) in [5, 5.41) is 0. The topological polar surface area (TPSA) is 55.6 Å². The summed E-state index contributed by atoms with van der Waals surface area (Å²) in [5.41, 5.74) is 5.30. The second kappa shape index (κ2) is 4.57. The molecule has 2 bridgehead atoms. The number of fused-ring (bicyclic) bond motifs is 1. The van der Waals surface area contributed by atoms with Crippen molar-refractivity contribution in [1.82, 2.24) is 4.90 Å². The molecule has 4 atom stereocenters. The Morgan fingerprint density at radius 2 is 2.17 bits per heavy atom. The van der Waals surface area contributed by atoms with Gasteiger partial charge in [0.25, 0.3) is 0 Å². The van der Waals surface area contributed by atoms with E-state index in [1.807, 2.05) is 38.7 Å². The summed E-state index contributed by atoms with van der Waals surface area (Å²) in [5.74, 6) is 1.07. The first-order valence-corrected chi connectivity index (χ1v) is 6.71. The predicted octanol–water partition coefficient (Wildman–Crippen LogP) is 2.15. The van der Waals surface area contributed by atoms with Gasteiger partial charge in [-0.1, -0.05) is 12.2 Å². The van der Waals surface area contributed by atoms with Crippen molar-refractivity contribution < 1.29 is 9.53 Å². The van der Waals surface area contributed by atoms with Crippen LogP contribution in [0.3, 0.4) is 0 Å². The number of carbonyl (C=O) groups excluding carboxylic acids is 1. The number of ether oxygens (including phenoxy) is 1.